The molecule has 1 saturated carbocycles. The lowest BCUT2D eigenvalue weighted by Crippen LogP contribution is -2.26. The predicted octanol–water partition coefficient (Wildman–Crippen LogP) is 4.59. The van der Waals surface area contributed by atoms with Gasteiger partial charge in [0.05, 0.1) is 24.8 Å². The second-order valence-electron chi connectivity index (χ2n) is 7.00. The summed E-state index contributed by atoms with van der Waals surface area (Å²) in [6.07, 6.45) is 1.93. The number of hydrogen-bond donors (Lipinski definition) is 2. The van der Waals surface area contributed by atoms with Crippen molar-refractivity contribution in [1.29, 1.82) is 0 Å². The fourth-order valence-electron chi connectivity index (χ4n) is 2.94. The smallest absolute Gasteiger partial charge is 0.251 e. The zero-order valence-corrected chi connectivity index (χ0v) is 17.5. The monoisotopic (exact) mass is 416 g/mol. The zero-order valence-electron chi connectivity index (χ0n) is 16.8. The minimum atomic E-state index is -0.271. The van der Waals surface area contributed by atoms with Crippen molar-refractivity contribution in [1.82, 2.24) is 5.32 Å². The van der Waals surface area contributed by atoms with Crippen LogP contribution < -0.4 is 20.1 Å². The average molecular weight is 417 g/mol. The topological polar surface area (TPSA) is 76.7 Å². The third-order valence-electron chi connectivity index (χ3n) is 4.75. The second kappa shape index (κ2) is 9.18. The number of carbonyl (C=O) groups is 2. The molecule has 0 aliphatic heterocycles. The van der Waals surface area contributed by atoms with Crippen molar-refractivity contribution < 1.29 is 19.1 Å². The quantitative estimate of drug-likeness (QED) is 0.660. The first-order valence-electron chi connectivity index (χ1n) is 9.65. The fraction of sp³-hybridized carbons (Fsp3) is 0.364. The number of amides is 2. The lowest BCUT2D eigenvalue weighted by molar-refractivity contribution is -0.117. The highest BCUT2D eigenvalue weighted by atomic mass is 35.5. The number of hydrogen-bond acceptors (Lipinski definition) is 4. The van der Waals surface area contributed by atoms with E-state index in [4.69, 9.17) is 21.1 Å². The summed E-state index contributed by atoms with van der Waals surface area (Å²) in [7, 11) is 1.50. The molecular formula is C22H25ClN2O4. The average Bonchev–Trinajstić information content (AvgIpc) is 3.55. The highest BCUT2D eigenvalue weighted by Crippen LogP contribution is 2.36. The molecule has 2 aromatic carbocycles. The first kappa shape index (κ1) is 21.0. The molecule has 3 rings (SSSR count). The molecule has 6 nitrogen and oxygen atoms in total. The number of carbonyl (C=O) groups excluding carboxylic acids is 2. The zero-order chi connectivity index (χ0) is 21.0. The Kier molecular flexibility index (Phi) is 6.64. The van der Waals surface area contributed by atoms with Crippen LogP contribution in [0.2, 0.25) is 5.02 Å². The normalized spacial score (nSPS) is 14.1. The molecule has 0 spiro atoms. The number of benzene rings is 2. The van der Waals surface area contributed by atoms with E-state index in [0.29, 0.717) is 28.7 Å². The van der Waals surface area contributed by atoms with Crippen LogP contribution in [0.15, 0.2) is 36.4 Å². The van der Waals surface area contributed by atoms with Crippen molar-refractivity contribution >= 4 is 29.1 Å². The van der Waals surface area contributed by atoms with E-state index < -0.39 is 0 Å². The van der Waals surface area contributed by atoms with Gasteiger partial charge in [-0.15, -0.1) is 0 Å². The maximum Gasteiger partial charge on any atom is 0.251 e. The molecule has 1 atom stereocenters. The van der Waals surface area contributed by atoms with Crippen LogP contribution in [0, 0.1) is 5.92 Å². The van der Waals surface area contributed by atoms with Crippen molar-refractivity contribution in [2.45, 2.75) is 32.7 Å². The summed E-state index contributed by atoms with van der Waals surface area (Å²) < 4.78 is 10.8. The van der Waals surface area contributed by atoms with Gasteiger partial charge < -0.3 is 20.1 Å². The van der Waals surface area contributed by atoms with Crippen LogP contribution in [0.25, 0.3) is 0 Å². The van der Waals surface area contributed by atoms with Crippen LogP contribution in [0.1, 0.15) is 48.7 Å². The van der Waals surface area contributed by atoms with E-state index in [1.54, 1.807) is 12.1 Å². The first-order valence-corrected chi connectivity index (χ1v) is 10.0. The molecule has 1 unspecified atom stereocenters. The first-order chi connectivity index (χ1) is 13.9. The van der Waals surface area contributed by atoms with E-state index >= 15 is 0 Å². The molecule has 1 aliphatic rings. The molecule has 0 saturated heterocycles. The van der Waals surface area contributed by atoms with Crippen LogP contribution in [0.4, 0.5) is 5.69 Å². The van der Waals surface area contributed by atoms with Gasteiger partial charge in [-0.2, -0.15) is 0 Å². The van der Waals surface area contributed by atoms with E-state index in [2.05, 4.69) is 10.6 Å². The summed E-state index contributed by atoms with van der Waals surface area (Å²) in [6.45, 7) is 4.18. The number of rotatable bonds is 8. The summed E-state index contributed by atoms with van der Waals surface area (Å²) in [5.41, 5.74) is 2.06. The minimum absolute atomic E-state index is 0.0698. The number of methoxy groups -OCH3 is 1. The minimum Gasteiger partial charge on any atom is -0.493 e. The maximum absolute atomic E-state index is 12.7. The van der Waals surface area contributed by atoms with Crippen LogP contribution >= 0.6 is 11.6 Å². The molecule has 0 radical (unpaired) electrons. The largest absolute Gasteiger partial charge is 0.493 e. The number of ether oxygens (including phenoxy) is 2. The lowest BCUT2D eigenvalue weighted by Gasteiger charge is -2.17. The summed E-state index contributed by atoms with van der Waals surface area (Å²) in [5.74, 6) is 0.788. The van der Waals surface area contributed by atoms with Crippen molar-refractivity contribution in [2.75, 3.05) is 19.0 Å². The molecule has 29 heavy (non-hydrogen) atoms. The van der Waals surface area contributed by atoms with Gasteiger partial charge >= 0.3 is 0 Å². The Hall–Kier alpha value is -2.73. The summed E-state index contributed by atoms with van der Waals surface area (Å²) in [5, 5.41) is 6.17. The van der Waals surface area contributed by atoms with Gasteiger partial charge in [-0.3, -0.25) is 9.59 Å². The standard InChI is InChI=1S/C22H25ClN2O4/c1-4-29-20-18(23)11-16(12-19(20)28-3)22(27)24-13(2)14-7-9-17(10-8-14)25-21(26)15-5-6-15/h7-13,15H,4-6H2,1-3H3,(H,24,27)(H,25,26). The van der Waals surface area contributed by atoms with Gasteiger partial charge in [0.15, 0.2) is 11.5 Å². The lowest BCUT2D eigenvalue weighted by atomic mass is 10.1. The van der Waals surface area contributed by atoms with Gasteiger partial charge in [-0.25, -0.2) is 0 Å². The van der Waals surface area contributed by atoms with Gasteiger partial charge in [-0.05, 0) is 56.5 Å². The Morgan fingerprint density at radius 3 is 2.48 bits per heavy atom. The molecule has 2 aromatic rings. The Morgan fingerprint density at radius 2 is 1.90 bits per heavy atom. The number of nitrogens with one attached hydrogen (secondary N) is 2. The van der Waals surface area contributed by atoms with Crippen LogP contribution in [0.5, 0.6) is 11.5 Å². The highest BCUT2D eigenvalue weighted by Gasteiger charge is 2.29. The maximum atomic E-state index is 12.7. The van der Waals surface area contributed by atoms with Crippen LogP contribution in [-0.2, 0) is 4.79 Å². The van der Waals surface area contributed by atoms with E-state index in [1.807, 2.05) is 38.1 Å². The summed E-state index contributed by atoms with van der Waals surface area (Å²) >= 11 is 6.26. The molecular weight excluding hydrogens is 392 g/mol. The molecule has 0 heterocycles. The van der Waals surface area contributed by atoms with Gasteiger partial charge in [0, 0.05) is 17.2 Å². The van der Waals surface area contributed by atoms with E-state index in [-0.39, 0.29) is 23.8 Å². The third kappa shape index (κ3) is 5.21. The molecule has 1 aliphatic carbocycles. The molecule has 7 heteroatoms. The van der Waals surface area contributed by atoms with Crippen molar-refractivity contribution in [3.8, 4) is 11.5 Å². The van der Waals surface area contributed by atoms with Gasteiger partial charge in [-0.1, -0.05) is 23.7 Å². The van der Waals surface area contributed by atoms with Gasteiger partial charge in [0.1, 0.15) is 0 Å². The molecule has 0 bridgehead atoms. The number of halogens is 1. The Morgan fingerprint density at radius 1 is 1.21 bits per heavy atom. The van der Waals surface area contributed by atoms with Gasteiger partial charge in [0.25, 0.3) is 5.91 Å². The van der Waals surface area contributed by atoms with E-state index in [1.165, 1.54) is 7.11 Å². The number of anilines is 1. The second-order valence-corrected chi connectivity index (χ2v) is 7.41. The summed E-state index contributed by atoms with van der Waals surface area (Å²) in [4.78, 5) is 24.5. The predicted molar refractivity (Wildman–Crippen MR) is 113 cm³/mol. The van der Waals surface area contributed by atoms with Crippen LogP contribution in [0.3, 0.4) is 0 Å². The Bertz CT molecular complexity index is 894. The van der Waals surface area contributed by atoms with Crippen LogP contribution in [-0.4, -0.2) is 25.5 Å². The summed E-state index contributed by atoms with van der Waals surface area (Å²) in [6, 6.07) is 10.4. The highest BCUT2D eigenvalue weighted by molar-refractivity contribution is 6.32. The molecule has 1 fully saturated rings. The van der Waals surface area contributed by atoms with Gasteiger partial charge in [0.2, 0.25) is 5.91 Å². The van der Waals surface area contributed by atoms with E-state index in [0.717, 1.165) is 24.1 Å². The SMILES string of the molecule is CCOc1c(Cl)cc(C(=O)NC(C)c2ccc(NC(=O)C3CC3)cc2)cc1OC. The van der Waals surface area contributed by atoms with Crippen molar-refractivity contribution in [3.63, 3.8) is 0 Å². The fourth-order valence-corrected chi connectivity index (χ4v) is 3.21. The third-order valence-corrected chi connectivity index (χ3v) is 5.04. The van der Waals surface area contributed by atoms with Crippen molar-refractivity contribution in [3.05, 3.63) is 52.5 Å². The van der Waals surface area contributed by atoms with E-state index in [9.17, 15) is 9.59 Å². The Labute approximate surface area is 175 Å². The molecule has 0 aromatic heterocycles. The van der Waals surface area contributed by atoms with Crippen molar-refractivity contribution in [2.24, 2.45) is 5.92 Å². The Balaban J connectivity index is 1.66. The molecule has 154 valence electrons. The molecule has 2 amide bonds. The molecule has 2 N–H and O–H groups in total.